The number of thiophene rings is 1. The SMILES string of the molecule is O=C(/C=C/c1ccc(Cl)s1)NCc1ccccc1S(=O)(=O)N1CCOCC1. The van der Waals surface area contributed by atoms with E-state index in [2.05, 4.69) is 5.32 Å². The van der Waals surface area contributed by atoms with Gasteiger partial charge in [-0.15, -0.1) is 11.3 Å². The van der Waals surface area contributed by atoms with Crippen molar-refractivity contribution < 1.29 is 17.9 Å². The van der Waals surface area contributed by atoms with E-state index in [0.717, 1.165) is 4.88 Å². The number of carbonyl (C=O) groups excluding carboxylic acids is 1. The molecule has 1 aliphatic rings. The lowest BCUT2D eigenvalue weighted by Crippen LogP contribution is -2.41. The number of nitrogens with zero attached hydrogens (tertiary/aromatic N) is 1. The summed E-state index contributed by atoms with van der Waals surface area (Å²) in [6, 6.07) is 10.3. The highest BCUT2D eigenvalue weighted by atomic mass is 35.5. The van der Waals surface area contributed by atoms with Crippen LogP contribution in [0, 0.1) is 0 Å². The normalized spacial score (nSPS) is 15.9. The first-order valence-corrected chi connectivity index (χ1v) is 11.0. The lowest BCUT2D eigenvalue weighted by Gasteiger charge is -2.27. The molecule has 1 saturated heterocycles. The van der Waals surface area contributed by atoms with Crippen molar-refractivity contribution in [1.29, 1.82) is 0 Å². The fraction of sp³-hybridized carbons (Fsp3) is 0.278. The van der Waals surface area contributed by atoms with Crippen molar-refractivity contribution in [3.63, 3.8) is 0 Å². The summed E-state index contributed by atoms with van der Waals surface area (Å²) >= 11 is 7.23. The van der Waals surface area contributed by atoms with Gasteiger partial charge in [0.1, 0.15) is 0 Å². The van der Waals surface area contributed by atoms with E-state index in [9.17, 15) is 13.2 Å². The number of hydrogen-bond donors (Lipinski definition) is 1. The first kappa shape index (κ1) is 20.0. The van der Waals surface area contributed by atoms with Gasteiger partial charge in [0.25, 0.3) is 0 Å². The Kier molecular flexibility index (Phi) is 6.67. The van der Waals surface area contributed by atoms with E-state index >= 15 is 0 Å². The Hall–Kier alpha value is -1.71. The average molecular weight is 427 g/mol. The Morgan fingerprint density at radius 2 is 1.96 bits per heavy atom. The highest BCUT2D eigenvalue weighted by Gasteiger charge is 2.28. The Labute approximate surface area is 167 Å². The van der Waals surface area contributed by atoms with Crippen molar-refractivity contribution in [3.8, 4) is 0 Å². The molecule has 0 atom stereocenters. The third-order valence-corrected chi connectivity index (χ3v) is 7.20. The molecule has 0 unspecified atom stereocenters. The number of halogens is 1. The fourth-order valence-corrected chi connectivity index (χ4v) is 5.24. The van der Waals surface area contributed by atoms with Crippen LogP contribution in [0.2, 0.25) is 4.34 Å². The summed E-state index contributed by atoms with van der Waals surface area (Å²) in [5.74, 6) is -0.307. The fourth-order valence-electron chi connectivity index (χ4n) is 2.64. The van der Waals surface area contributed by atoms with E-state index in [0.29, 0.717) is 36.2 Å². The van der Waals surface area contributed by atoms with E-state index in [1.807, 2.05) is 6.07 Å². The maximum absolute atomic E-state index is 12.9. The van der Waals surface area contributed by atoms with E-state index < -0.39 is 10.0 Å². The number of ether oxygens (including phenoxy) is 1. The average Bonchev–Trinajstić information content (AvgIpc) is 3.11. The second-order valence-electron chi connectivity index (χ2n) is 5.82. The first-order valence-electron chi connectivity index (χ1n) is 8.34. The van der Waals surface area contributed by atoms with Crippen LogP contribution in [0.3, 0.4) is 0 Å². The molecule has 2 heterocycles. The maximum Gasteiger partial charge on any atom is 0.244 e. The molecule has 0 bridgehead atoms. The summed E-state index contributed by atoms with van der Waals surface area (Å²) in [5.41, 5.74) is 0.546. The monoisotopic (exact) mass is 426 g/mol. The molecule has 0 saturated carbocycles. The van der Waals surface area contributed by atoms with Gasteiger partial charge in [-0.3, -0.25) is 4.79 Å². The molecule has 0 spiro atoms. The van der Waals surface area contributed by atoms with Crippen molar-refractivity contribution in [2.45, 2.75) is 11.4 Å². The van der Waals surface area contributed by atoms with Gasteiger partial charge in [0.05, 0.1) is 22.4 Å². The van der Waals surface area contributed by atoms with E-state index in [4.69, 9.17) is 16.3 Å². The van der Waals surface area contributed by atoms with Crippen molar-refractivity contribution in [2.24, 2.45) is 0 Å². The minimum absolute atomic E-state index is 0.119. The minimum Gasteiger partial charge on any atom is -0.379 e. The molecule has 0 radical (unpaired) electrons. The number of carbonyl (C=O) groups is 1. The standard InChI is InChI=1S/C18H19ClN2O4S2/c19-17-7-5-15(26-17)6-8-18(22)20-13-14-3-1-2-4-16(14)27(23,24)21-9-11-25-12-10-21/h1-8H,9-13H2,(H,20,22)/b8-6+. The van der Waals surface area contributed by atoms with Crippen LogP contribution in [-0.4, -0.2) is 44.9 Å². The van der Waals surface area contributed by atoms with E-state index in [-0.39, 0.29) is 17.3 Å². The molecule has 0 aliphatic carbocycles. The van der Waals surface area contributed by atoms with E-state index in [1.165, 1.54) is 21.7 Å². The number of amides is 1. The van der Waals surface area contributed by atoms with Crippen LogP contribution in [0.25, 0.3) is 6.08 Å². The summed E-state index contributed by atoms with van der Waals surface area (Å²) in [6.07, 6.45) is 3.07. The van der Waals surface area contributed by atoms with Gasteiger partial charge in [-0.05, 0) is 29.8 Å². The molecule has 1 aromatic heterocycles. The first-order chi connectivity index (χ1) is 13.0. The highest BCUT2D eigenvalue weighted by molar-refractivity contribution is 7.89. The number of hydrogen-bond acceptors (Lipinski definition) is 5. The maximum atomic E-state index is 12.9. The van der Waals surface area contributed by atoms with Gasteiger partial charge >= 0.3 is 0 Å². The van der Waals surface area contributed by atoms with Gasteiger partial charge in [0, 0.05) is 30.6 Å². The number of morpholine rings is 1. The molecular formula is C18H19ClN2O4S2. The molecule has 3 rings (SSSR count). The minimum atomic E-state index is -3.62. The second kappa shape index (κ2) is 8.99. The largest absolute Gasteiger partial charge is 0.379 e. The molecule has 6 nitrogen and oxygen atoms in total. The molecule has 27 heavy (non-hydrogen) atoms. The molecule has 1 amide bonds. The summed E-state index contributed by atoms with van der Waals surface area (Å²) in [4.78, 5) is 13.1. The lowest BCUT2D eigenvalue weighted by molar-refractivity contribution is -0.116. The summed E-state index contributed by atoms with van der Waals surface area (Å²) < 4.78 is 33.1. The highest BCUT2D eigenvalue weighted by Crippen LogP contribution is 2.23. The van der Waals surface area contributed by atoms with Crippen LogP contribution in [0.5, 0.6) is 0 Å². The van der Waals surface area contributed by atoms with Gasteiger partial charge < -0.3 is 10.1 Å². The van der Waals surface area contributed by atoms with Crippen LogP contribution >= 0.6 is 22.9 Å². The quantitative estimate of drug-likeness (QED) is 0.720. The smallest absolute Gasteiger partial charge is 0.244 e. The zero-order valence-corrected chi connectivity index (χ0v) is 16.8. The molecule has 1 N–H and O–H groups in total. The molecule has 9 heteroatoms. The predicted octanol–water partition coefficient (Wildman–Crippen LogP) is 2.75. The van der Waals surface area contributed by atoms with Crippen molar-refractivity contribution in [1.82, 2.24) is 9.62 Å². The summed E-state index contributed by atoms with van der Waals surface area (Å²) in [7, 11) is -3.62. The molecule has 2 aromatic rings. The van der Waals surface area contributed by atoms with Crippen molar-refractivity contribution in [3.05, 3.63) is 57.3 Å². The predicted molar refractivity (Wildman–Crippen MR) is 106 cm³/mol. The van der Waals surface area contributed by atoms with Gasteiger partial charge in [0.2, 0.25) is 15.9 Å². The van der Waals surface area contributed by atoms with Crippen molar-refractivity contribution >= 4 is 44.9 Å². The summed E-state index contributed by atoms with van der Waals surface area (Å²) in [5, 5.41) is 2.73. The second-order valence-corrected chi connectivity index (χ2v) is 9.47. The third-order valence-electron chi connectivity index (χ3n) is 4.01. The van der Waals surface area contributed by atoms with Crippen LogP contribution in [0.15, 0.2) is 47.4 Å². The topological polar surface area (TPSA) is 75.7 Å². The zero-order valence-electron chi connectivity index (χ0n) is 14.4. The van der Waals surface area contributed by atoms with Crippen molar-refractivity contribution in [2.75, 3.05) is 26.3 Å². The molecule has 1 aliphatic heterocycles. The van der Waals surface area contributed by atoms with Crippen LogP contribution in [0.4, 0.5) is 0 Å². The molecule has 1 aromatic carbocycles. The lowest BCUT2D eigenvalue weighted by atomic mass is 10.2. The Balaban J connectivity index is 1.69. The van der Waals surface area contributed by atoms with Crippen LogP contribution in [-0.2, 0) is 26.1 Å². The molecule has 1 fully saturated rings. The van der Waals surface area contributed by atoms with Gasteiger partial charge in [-0.1, -0.05) is 29.8 Å². The Bertz CT molecular complexity index is 934. The number of sulfonamides is 1. The van der Waals surface area contributed by atoms with Gasteiger partial charge in [0.15, 0.2) is 0 Å². The van der Waals surface area contributed by atoms with Gasteiger partial charge in [-0.2, -0.15) is 4.31 Å². The number of rotatable bonds is 6. The van der Waals surface area contributed by atoms with Crippen LogP contribution < -0.4 is 5.32 Å². The summed E-state index contributed by atoms with van der Waals surface area (Å²) in [6.45, 7) is 1.55. The third kappa shape index (κ3) is 5.18. The molecule has 144 valence electrons. The Morgan fingerprint density at radius 3 is 2.67 bits per heavy atom. The zero-order chi connectivity index (χ0) is 19.3. The number of nitrogens with one attached hydrogen (secondary N) is 1. The van der Waals surface area contributed by atoms with E-state index in [1.54, 1.807) is 36.4 Å². The van der Waals surface area contributed by atoms with Crippen LogP contribution in [0.1, 0.15) is 10.4 Å². The Morgan fingerprint density at radius 1 is 1.22 bits per heavy atom. The van der Waals surface area contributed by atoms with Gasteiger partial charge in [-0.25, -0.2) is 8.42 Å². The molecular weight excluding hydrogens is 408 g/mol. The number of benzene rings is 1.